The second kappa shape index (κ2) is 16.0. The van der Waals surface area contributed by atoms with Crippen molar-refractivity contribution in [2.75, 3.05) is 23.8 Å². The van der Waals surface area contributed by atoms with Gasteiger partial charge in [-0.15, -0.1) is 0 Å². The number of halogens is 9. The van der Waals surface area contributed by atoms with Crippen LogP contribution in [0.25, 0.3) is 11.3 Å². The van der Waals surface area contributed by atoms with E-state index in [4.69, 9.17) is 4.74 Å². The lowest BCUT2D eigenvalue weighted by molar-refractivity contribution is 0.0504. The van der Waals surface area contributed by atoms with Crippen LogP contribution in [0.5, 0.6) is 0 Å². The molecule has 0 aliphatic rings. The van der Waals surface area contributed by atoms with Crippen molar-refractivity contribution in [3.63, 3.8) is 0 Å². The summed E-state index contributed by atoms with van der Waals surface area (Å²) < 4.78 is 110. The Kier molecular flexibility index (Phi) is 11.8. The Morgan fingerprint density at radius 3 is 1.75 bits per heavy atom. The van der Waals surface area contributed by atoms with E-state index in [1.54, 1.807) is 28.7 Å². The van der Waals surface area contributed by atoms with Crippen molar-refractivity contribution in [1.82, 2.24) is 14.5 Å². The van der Waals surface area contributed by atoms with Crippen LogP contribution in [0, 0.1) is 47.9 Å². The number of nitrogens with one attached hydrogen (secondary N) is 3. The smallest absolute Gasteiger partial charge is 0.342 e. The standard InChI is InChI=1S/C34H22F7I2N5O5/c1-47-13-16(21(11-23(47)49)45-19-5-3-14(42)9-17(19)35)33(51)44-7-8-53-34(52)25-22(46-20-6-4-15(43)10-18(20)36)12-24(50)48(2)32(25)26-27(37)29(39)31(41)30(40)28(26)38/h3-6,9-13,45-46H,7-8H2,1-2H3,(H,44,51). The quantitative estimate of drug-likeness (QED) is 0.0344. The third kappa shape index (κ3) is 8.19. The average Bonchev–Trinajstić information content (AvgIpc) is 3.10. The number of amides is 1. The van der Waals surface area contributed by atoms with Gasteiger partial charge in [-0.05, 0) is 81.6 Å². The number of aromatic nitrogens is 2. The summed E-state index contributed by atoms with van der Waals surface area (Å²) in [5.41, 5.74) is -6.52. The van der Waals surface area contributed by atoms with Gasteiger partial charge in [0, 0.05) is 39.6 Å². The maximum atomic E-state index is 15.2. The highest BCUT2D eigenvalue weighted by Crippen LogP contribution is 2.37. The van der Waals surface area contributed by atoms with Gasteiger partial charge in [0.25, 0.3) is 17.0 Å². The van der Waals surface area contributed by atoms with Crippen LogP contribution >= 0.6 is 45.2 Å². The Hall–Kier alpha value is -4.93. The first-order chi connectivity index (χ1) is 25.0. The van der Waals surface area contributed by atoms with E-state index in [9.17, 15) is 41.1 Å². The van der Waals surface area contributed by atoms with Gasteiger partial charge in [-0.25, -0.2) is 35.5 Å². The largest absolute Gasteiger partial charge is 0.460 e. The molecule has 0 atom stereocenters. The molecular weight excluding hydrogens is 945 g/mol. The second-order valence-electron chi connectivity index (χ2n) is 11.1. The van der Waals surface area contributed by atoms with E-state index in [0.717, 1.165) is 29.8 Å². The van der Waals surface area contributed by atoms with E-state index < -0.39 is 99.4 Å². The lowest BCUT2D eigenvalue weighted by Gasteiger charge is -2.20. The third-order valence-electron chi connectivity index (χ3n) is 7.59. The van der Waals surface area contributed by atoms with Crippen LogP contribution in [0.1, 0.15) is 20.7 Å². The lowest BCUT2D eigenvalue weighted by atomic mass is 10.0. The van der Waals surface area contributed by atoms with E-state index in [2.05, 4.69) is 16.0 Å². The average molecular weight is 967 g/mol. The Morgan fingerprint density at radius 1 is 0.698 bits per heavy atom. The molecular formula is C34H22F7I2N5O5. The molecule has 0 bridgehead atoms. The molecule has 0 spiro atoms. The summed E-state index contributed by atoms with van der Waals surface area (Å²) in [6.45, 7) is -1.13. The first-order valence-corrected chi connectivity index (χ1v) is 17.0. The number of benzene rings is 3. The SMILES string of the molecule is Cn1cc(C(=O)NCCOC(=O)c2c(Nc3ccc(I)cc3F)cc(=O)n(C)c2-c2c(F)c(F)c(F)c(F)c2F)c(Nc2ccc(I)cc2F)cc1=O. The van der Waals surface area contributed by atoms with Crippen LogP contribution in [-0.4, -0.2) is 34.2 Å². The van der Waals surface area contributed by atoms with Crippen molar-refractivity contribution in [1.29, 1.82) is 0 Å². The summed E-state index contributed by atoms with van der Waals surface area (Å²) in [7, 11) is 2.25. The number of hydrogen-bond donors (Lipinski definition) is 3. The molecule has 3 aromatic carbocycles. The molecule has 0 saturated carbocycles. The maximum absolute atomic E-state index is 15.2. The third-order valence-corrected chi connectivity index (χ3v) is 8.93. The zero-order valence-electron chi connectivity index (χ0n) is 26.9. The van der Waals surface area contributed by atoms with Crippen molar-refractivity contribution in [2.45, 2.75) is 0 Å². The molecule has 2 heterocycles. The minimum absolute atomic E-state index is 0.0435. The number of ether oxygens (including phenoxy) is 1. The minimum atomic E-state index is -2.50. The minimum Gasteiger partial charge on any atom is -0.460 e. The van der Waals surface area contributed by atoms with Crippen LogP contribution in [0.4, 0.5) is 53.5 Å². The summed E-state index contributed by atoms with van der Waals surface area (Å²) in [6, 6.07) is 9.67. The molecule has 0 saturated heterocycles. The number of carbonyl (C=O) groups is 2. The number of hydrogen-bond acceptors (Lipinski definition) is 7. The number of nitrogens with zero attached hydrogens (tertiary/aromatic N) is 2. The van der Waals surface area contributed by atoms with Gasteiger partial charge in [0.05, 0.1) is 46.1 Å². The second-order valence-corrected chi connectivity index (χ2v) is 13.6. The van der Waals surface area contributed by atoms with Crippen molar-refractivity contribution in [2.24, 2.45) is 14.1 Å². The summed E-state index contributed by atoms with van der Waals surface area (Å²) in [5.74, 6) is -15.9. The van der Waals surface area contributed by atoms with Crippen LogP contribution in [0.3, 0.4) is 0 Å². The van der Waals surface area contributed by atoms with Gasteiger partial charge < -0.3 is 29.8 Å². The number of anilines is 4. The summed E-state index contributed by atoms with van der Waals surface area (Å²) in [4.78, 5) is 52.2. The number of carbonyl (C=O) groups excluding carboxylic acids is 2. The molecule has 3 N–H and O–H groups in total. The molecule has 0 aliphatic heterocycles. The topological polar surface area (TPSA) is 123 Å². The Labute approximate surface area is 321 Å². The van der Waals surface area contributed by atoms with E-state index in [-0.39, 0.29) is 22.6 Å². The van der Waals surface area contributed by atoms with Gasteiger partial charge in [-0.1, -0.05) is 0 Å². The van der Waals surface area contributed by atoms with Crippen molar-refractivity contribution < 1.29 is 45.1 Å². The fourth-order valence-electron chi connectivity index (χ4n) is 4.97. The zero-order valence-corrected chi connectivity index (χ0v) is 31.3. The number of pyridine rings is 2. The zero-order chi connectivity index (χ0) is 38.9. The maximum Gasteiger partial charge on any atom is 0.342 e. The predicted molar refractivity (Wildman–Crippen MR) is 196 cm³/mol. The van der Waals surface area contributed by atoms with Gasteiger partial charge in [-0.3, -0.25) is 14.4 Å². The first-order valence-electron chi connectivity index (χ1n) is 14.9. The fraction of sp³-hybridized carbons (Fsp3) is 0.118. The first kappa shape index (κ1) is 39.3. The highest BCUT2D eigenvalue weighted by molar-refractivity contribution is 14.1. The lowest BCUT2D eigenvalue weighted by Crippen LogP contribution is -2.31. The van der Waals surface area contributed by atoms with E-state index in [1.807, 2.05) is 22.6 Å². The molecule has 0 radical (unpaired) electrons. The number of aryl methyl sites for hydroxylation is 1. The van der Waals surface area contributed by atoms with Crippen molar-refractivity contribution in [3.05, 3.63) is 134 Å². The Morgan fingerprint density at radius 2 is 1.21 bits per heavy atom. The van der Waals surface area contributed by atoms with Gasteiger partial charge in [0.1, 0.15) is 23.8 Å². The normalized spacial score (nSPS) is 11.0. The molecule has 53 heavy (non-hydrogen) atoms. The highest BCUT2D eigenvalue weighted by atomic mass is 127. The number of rotatable bonds is 10. The summed E-state index contributed by atoms with van der Waals surface area (Å²) in [6.07, 6.45) is 1.17. The molecule has 10 nitrogen and oxygen atoms in total. The van der Waals surface area contributed by atoms with Crippen molar-refractivity contribution in [3.8, 4) is 11.3 Å². The number of esters is 1. The van der Waals surface area contributed by atoms with Crippen LogP contribution in [-0.2, 0) is 18.8 Å². The Balaban J connectivity index is 1.48. The molecule has 0 fully saturated rings. The summed E-state index contributed by atoms with van der Waals surface area (Å²) >= 11 is 3.70. The van der Waals surface area contributed by atoms with Gasteiger partial charge >= 0.3 is 5.97 Å². The molecule has 5 rings (SSSR count). The molecule has 0 aliphatic carbocycles. The molecule has 2 aromatic heterocycles. The molecule has 19 heteroatoms. The predicted octanol–water partition coefficient (Wildman–Crippen LogP) is 7.01. The van der Waals surface area contributed by atoms with E-state index in [1.165, 1.54) is 37.5 Å². The monoisotopic (exact) mass is 967 g/mol. The molecule has 1 amide bonds. The van der Waals surface area contributed by atoms with Crippen LogP contribution in [0.15, 0.2) is 64.3 Å². The van der Waals surface area contributed by atoms with Gasteiger partial charge in [0.15, 0.2) is 23.3 Å². The summed E-state index contributed by atoms with van der Waals surface area (Å²) in [5, 5.41) is 7.57. The van der Waals surface area contributed by atoms with Crippen LogP contribution in [0.2, 0.25) is 0 Å². The van der Waals surface area contributed by atoms with Crippen LogP contribution < -0.4 is 27.1 Å². The molecule has 5 aromatic rings. The van der Waals surface area contributed by atoms with E-state index in [0.29, 0.717) is 11.7 Å². The fourth-order valence-corrected chi connectivity index (χ4v) is 5.88. The van der Waals surface area contributed by atoms with Gasteiger partial charge in [0.2, 0.25) is 5.82 Å². The van der Waals surface area contributed by atoms with E-state index >= 15 is 8.78 Å². The van der Waals surface area contributed by atoms with Gasteiger partial charge in [-0.2, -0.15) is 0 Å². The highest BCUT2D eigenvalue weighted by Gasteiger charge is 2.33. The van der Waals surface area contributed by atoms with Crippen molar-refractivity contribution >= 4 is 79.8 Å². The Bertz CT molecular complexity index is 2410. The molecule has 276 valence electrons. The molecule has 0 unspecified atom stereocenters.